The second-order valence-corrected chi connectivity index (χ2v) is 4.90. The minimum absolute atomic E-state index is 0.243. The van der Waals surface area contributed by atoms with Crippen molar-refractivity contribution in [2.24, 2.45) is 5.73 Å². The van der Waals surface area contributed by atoms with Crippen molar-refractivity contribution < 1.29 is 4.74 Å². The summed E-state index contributed by atoms with van der Waals surface area (Å²) in [6.07, 6.45) is 0. The van der Waals surface area contributed by atoms with E-state index in [1.165, 1.54) is 5.56 Å². The molecule has 0 bridgehead atoms. The molecule has 2 N–H and O–H groups in total. The molecule has 3 nitrogen and oxygen atoms in total. The molecule has 1 aromatic carbocycles. The number of hydrogen-bond acceptors (Lipinski definition) is 3. The van der Waals surface area contributed by atoms with Gasteiger partial charge in [-0.1, -0.05) is 28.1 Å². The Morgan fingerprint density at radius 2 is 2.24 bits per heavy atom. The quantitative estimate of drug-likeness (QED) is 0.786. The van der Waals surface area contributed by atoms with Gasteiger partial charge in [-0.15, -0.1) is 0 Å². The molecule has 4 heteroatoms. The number of rotatable bonds is 7. The van der Waals surface area contributed by atoms with E-state index in [2.05, 4.69) is 40.0 Å². The largest absolute Gasteiger partial charge is 0.380 e. The number of likely N-dealkylation sites (N-methyl/N-ethyl adjacent to an activating group) is 1. The van der Waals surface area contributed by atoms with Crippen LogP contribution in [0.1, 0.15) is 18.5 Å². The van der Waals surface area contributed by atoms with Gasteiger partial charge < -0.3 is 10.5 Å². The lowest BCUT2D eigenvalue weighted by Gasteiger charge is -2.27. The molecule has 0 saturated carbocycles. The molecule has 0 aliphatic rings. The Morgan fingerprint density at radius 1 is 1.47 bits per heavy atom. The van der Waals surface area contributed by atoms with Crippen LogP contribution in [-0.2, 0) is 4.74 Å². The number of halogens is 1. The molecule has 1 rings (SSSR count). The standard InChI is InChI=1S/C13H21BrN2O/c1-3-17-8-7-16(2)13(10-15)11-5-4-6-12(14)9-11/h4-6,9,13H,3,7-8,10,15H2,1-2H3. The molecular formula is C13H21BrN2O. The summed E-state index contributed by atoms with van der Waals surface area (Å²) in [6.45, 7) is 5.02. The monoisotopic (exact) mass is 300 g/mol. The topological polar surface area (TPSA) is 38.5 Å². The van der Waals surface area contributed by atoms with Crippen LogP contribution in [0.2, 0.25) is 0 Å². The van der Waals surface area contributed by atoms with Gasteiger partial charge in [0.15, 0.2) is 0 Å². The maximum absolute atomic E-state index is 5.86. The summed E-state index contributed by atoms with van der Waals surface area (Å²) in [5.74, 6) is 0. The highest BCUT2D eigenvalue weighted by Gasteiger charge is 2.15. The normalized spacial score (nSPS) is 13.0. The summed E-state index contributed by atoms with van der Waals surface area (Å²) in [5.41, 5.74) is 7.10. The second-order valence-electron chi connectivity index (χ2n) is 3.98. The van der Waals surface area contributed by atoms with Crippen LogP contribution >= 0.6 is 15.9 Å². The third-order valence-electron chi connectivity index (χ3n) is 2.78. The highest BCUT2D eigenvalue weighted by molar-refractivity contribution is 9.10. The van der Waals surface area contributed by atoms with Crippen LogP contribution in [0.25, 0.3) is 0 Å². The van der Waals surface area contributed by atoms with Gasteiger partial charge in [0.2, 0.25) is 0 Å². The first-order chi connectivity index (χ1) is 8.19. The van der Waals surface area contributed by atoms with Crippen LogP contribution in [0.3, 0.4) is 0 Å². The molecule has 0 fully saturated rings. The van der Waals surface area contributed by atoms with Crippen molar-refractivity contribution >= 4 is 15.9 Å². The van der Waals surface area contributed by atoms with Crippen LogP contribution in [0.15, 0.2) is 28.7 Å². The predicted octanol–water partition coefficient (Wildman–Crippen LogP) is 2.42. The highest BCUT2D eigenvalue weighted by atomic mass is 79.9. The van der Waals surface area contributed by atoms with Gasteiger partial charge in [0.05, 0.1) is 6.61 Å². The molecule has 0 heterocycles. The number of nitrogens with zero attached hydrogens (tertiary/aromatic N) is 1. The number of ether oxygens (including phenoxy) is 1. The first-order valence-electron chi connectivity index (χ1n) is 5.92. The Labute approximate surface area is 112 Å². The molecule has 17 heavy (non-hydrogen) atoms. The third kappa shape index (κ3) is 4.76. The predicted molar refractivity (Wildman–Crippen MR) is 75.1 cm³/mol. The number of hydrogen-bond donors (Lipinski definition) is 1. The van der Waals surface area contributed by atoms with Crippen molar-refractivity contribution in [2.75, 3.05) is 33.4 Å². The zero-order chi connectivity index (χ0) is 12.7. The van der Waals surface area contributed by atoms with Crippen molar-refractivity contribution in [3.05, 3.63) is 34.3 Å². The fourth-order valence-electron chi connectivity index (χ4n) is 1.79. The molecule has 1 atom stereocenters. The summed E-state index contributed by atoms with van der Waals surface area (Å²) in [7, 11) is 2.08. The summed E-state index contributed by atoms with van der Waals surface area (Å²) in [4.78, 5) is 2.23. The number of nitrogens with two attached hydrogens (primary N) is 1. The van der Waals surface area contributed by atoms with Crippen LogP contribution in [0.4, 0.5) is 0 Å². The van der Waals surface area contributed by atoms with E-state index in [-0.39, 0.29) is 6.04 Å². The van der Waals surface area contributed by atoms with Gasteiger partial charge in [-0.2, -0.15) is 0 Å². The van der Waals surface area contributed by atoms with E-state index in [0.717, 1.165) is 24.2 Å². The Morgan fingerprint density at radius 3 is 2.82 bits per heavy atom. The van der Waals surface area contributed by atoms with E-state index in [4.69, 9.17) is 10.5 Å². The van der Waals surface area contributed by atoms with Gasteiger partial charge in [0.25, 0.3) is 0 Å². The molecule has 96 valence electrons. The summed E-state index contributed by atoms with van der Waals surface area (Å²) in [5, 5.41) is 0. The van der Waals surface area contributed by atoms with Crippen molar-refractivity contribution in [2.45, 2.75) is 13.0 Å². The Kier molecular flexibility index (Phi) is 6.73. The van der Waals surface area contributed by atoms with E-state index >= 15 is 0 Å². The van der Waals surface area contributed by atoms with Crippen molar-refractivity contribution in [1.29, 1.82) is 0 Å². The highest BCUT2D eigenvalue weighted by Crippen LogP contribution is 2.21. The van der Waals surface area contributed by atoms with Gasteiger partial charge in [0.1, 0.15) is 0 Å². The zero-order valence-corrected chi connectivity index (χ0v) is 12.1. The van der Waals surface area contributed by atoms with Crippen LogP contribution in [-0.4, -0.2) is 38.3 Å². The Hall–Kier alpha value is -0.420. The fourth-order valence-corrected chi connectivity index (χ4v) is 2.21. The first-order valence-corrected chi connectivity index (χ1v) is 6.71. The van der Waals surface area contributed by atoms with Crippen LogP contribution < -0.4 is 5.73 Å². The average molecular weight is 301 g/mol. The van der Waals surface area contributed by atoms with Gasteiger partial charge >= 0.3 is 0 Å². The van der Waals surface area contributed by atoms with E-state index in [9.17, 15) is 0 Å². The van der Waals surface area contributed by atoms with Crippen molar-refractivity contribution in [1.82, 2.24) is 4.90 Å². The van der Waals surface area contributed by atoms with Crippen LogP contribution in [0.5, 0.6) is 0 Å². The summed E-state index contributed by atoms with van der Waals surface area (Å²) < 4.78 is 6.46. The molecule has 0 radical (unpaired) electrons. The van der Waals surface area contributed by atoms with E-state index < -0.39 is 0 Å². The average Bonchev–Trinajstić information content (AvgIpc) is 2.30. The lowest BCUT2D eigenvalue weighted by Crippen LogP contribution is -2.33. The van der Waals surface area contributed by atoms with E-state index in [1.807, 2.05) is 19.1 Å². The van der Waals surface area contributed by atoms with Gasteiger partial charge in [-0.05, 0) is 31.7 Å². The van der Waals surface area contributed by atoms with E-state index in [1.54, 1.807) is 0 Å². The maximum Gasteiger partial charge on any atom is 0.0593 e. The third-order valence-corrected chi connectivity index (χ3v) is 3.27. The second kappa shape index (κ2) is 7.82. The summed E-state index contributed by atoms with van der Waals surface area (Å²) in [6, 6.07) is 8.54. The smallest absolute Gasteiger partial charge is 0.0593 e. The molecule has 1 unspecified atom stereocenters. The molecular weight excluding hydrogens is 280 g/mol. The zero-order valence-electron chi connectivity index (χ0n) is 10.5. The number of benzene rings is 1. The molecule has 0 saturated heterocycles. The van der Waals surface area contributed by atoms with E-state index in [0.29, 0.717) is 6.54 Å². The lowest BCUT2D eigenvalue weighted by molar-refractivity contribution is 0.108. The first kappa shape index (κ1) is 14.6. The molecule has 1 aromatic rings. The Bertz CT molecular complexity index is 333. The fraction of sp³-hybridized carbons (Fsp3) is 0.538. The Balaban J connectivity index is 2.63. The summed E-state index contributed by atoms with van der Waals surface area (Å²) >= 11 is 3.49. The molecule has 0 aliphatic heterocycles. The van der Waals surface area contributed by atoms with Gasteiger partial charge in [0, 0.05) is 30.2 Å². The molecule has 0 spiro atoms. The minimum atomic E-state index is 0.243. The van der Waals surface area contributed by atoms with Gasteiger partial charge in [-0.3, -0.25) is 4.90 Å². The van der Waals surface area contributed by atoms with Crippen LogP contribution in [0, 0.1) is 0 Å². The van der Waals surface area contributed by atoms with Gasteiger partial charge in [-0.25, -0.2) is 0 Å². The van der Waals surface area contributed by atoms with Crippen molar-refractivity contribution in [3.8, 4) is 0 Å². The maximum atomic E-state index is 5.86. The molecule has 0 aliphatic carbocycles. The molecule has 0 amide bonds. The SMILES string of the molecule is CCOCCN(C)C(CN)c1cccc(Br)c1. The molecule has 0 aromatic heterocycles. The lowest BCUT2D eigenvalue weighted by atomic mass is 10.1. The minimum Gasteiger partial charge on any atom is -0.380 e. The van der Waals surface area contributed by atoms with Crippen molar-refractivity contribution in [3.63, 3.8) is 0 Å².